The SMILES string of the molecule is Clc1ccc2ccccc2c1Nc1cccc2c1-c1ccccc1C21C2CC3CC(C2)CC1C3. The van der Waals surface area contributed by atoms with Crippen molar-refractivity contribution in [3.63, 3.8) is 0 Å². The molecule has 4 aromatic rings. The zero-order valence-corrected chi connectivity index (χ0v) is 20.0. The largest absolute Gasteiger partial charge is 0.353 e. The van der Waals surface area contributed by atoms with Crippen molar-refractivity contribution in [1.29, 1.82) is 0 Å². The highest BCUT2D eigenvalue weighted by Crippen LogP contribution is 2.70. The van der Waals surface area contributed by atoms with Crippen LogP contribution in [0.25, 0.3) is 21.9 Å². The maximum absolute atomic E-state index is 6.78. The minimum absolute atomic E-state index is 0.194. The molecule has 0 radical (unpaired) electrons. The third-order valence-electron chi connectivity index (χ3n) is 9.72. The zero-order valence-electron chi connectivity index (χ0n) is 19.2. The van der Waals surface area contributed by atoms with Gasteiger partial charge in [0.1, 0.15) is 0 Å². The molecule has 0 saturated heterocycles. The van der Waals surface area contributed by atoms with E-state index in [-0.39, 0.29) is 5.41 Å². The van der Waals surface area contributed by atoms with Crippen molar-refractivity contribution in [2.45, 2.75) is 37.5 Å². The number of halogens is 1. The van der Waals surface area contributed by atoms with E-state index in [1.165, 1.54) is 59.7 Å². The Labute approximate surface area is 206 Å². The molecule has 4 aromatic carbocycles. The Morgan fingerprint density at radius 1 is 0.676 bits per heavy atom. The number of benzene rings is 4. The van der Waals surface area contributed by atoms with Crippen LogP contribution in [0.5, 0.6) is 0 Å². The monoisotopic (exact) mass is 461 g/mol. The van der Waals surface area contributed by atoms with Crippen LogP contribution in [0.4, 0.5) is 11.4 Å². The molecule has 168 valence electrons. The summed E-state index contributed by atoms with van der Waals surface area (Å²) in [4.78, 5) is 0. The van der Waals surface area contributed by atoms with E-state index in [0.29, 0.717) is 0 Å². The molecule has 4 fully saturated rings. The molecule has 2 heteroatoms. The number of hydrogen-bond acceptors (Lipinski definition) is 1. The average Bonchev–Trinajstić information content (AvgIpc) is 3.16. The molecule has 34 heavy (non-hydrogen) atoms. The maximum atomic E-state index is 6.78. The molecule has 0 aromatic heterocycles. The molecular weight excluding hydrogens is 434 g/mol. The topological polar surface area (TPSA) is 12.0 Å². The molecule has 0 amide bonds. The highest BCUT2D eigenvalue weighted by Gasteiger charge is 2.61. The van der Waals surface area contributed by atoms with Gasteiger partial charge in [-0.1, -0.05) is 78.3 Å². The van der Waals surface area contributed by atoms with Crippen molar-refractivity contribution in [3.8, 4) is 11.1 Å². The molecule has 0 heterocycles. The predicted molar refractivity (Wildman–Crippen MR) is 142 cm³/mol. The van der Waals surface area contributed by atoms with Crippen LogP contribution in [0.2, 0.25) is 5.02 Å². The molecule has 4 bridgehead atoms. The van der Waals surface area contributed by atoms with Gasteiger partial charge >= 0.3 is 0 Å². The maximum Gasteiger partial charge on any atom is 0.0653 e. The Hall–Kier alpha value is -2.77. The number of anilines is 2. The number of nitrogens with one attached hydrogen (secondary N) is 1. The fourth-order valence-corrected chi connectivity index (χ4v) is 9.02. The van der Waals surface area contributed by atoms with Crippen LogP contribution >= 0.6 is 11.6 Å². The van der Waals surface area contributed by atoms with E-state index in [1.807, 2.05) is 6.07 Å². The normalized spacial score (nSPS) is 30.0. The predicted octanol–water partition coefficient (Wildman–Crippen LogP) is 8.96. The molecular formula is C32H28ClN. The summed E-state index contributed by atoms with van der Waals surface area (Å²) in [6.07, 6.45) is 7.13. The highest BCUT2D eigenvalue weighted by atomic mass is 35.5. The Balaban J connectivity index is 1.36. The summed E-state index contributed by atoms with van der Waals surface area (Å²) >= 11 is 6.78. The van der Waals surface area contributed by atoms with Gasteiger partial charge in [-0.25, -0.2) is 0 Å². The van der Waals surface area contributed by atoms with E-state index in [0.717, 1.165) is 34.4 Å². The Bertz CT molecular complexity index is 1440. The molecule has 5 aliphatic carbocycles. The molecule has 4 saturated carbocycles. The second-order valence-electron chi connectivity index (χ2n) is 11.2. The van der Waals surface area contributed by atoms with Crippen molar-refractivity contribution < 1.29 is 0 Å². The second-order valence-corrected chi connectivity index (χ2v) is 11.6. The van der Waals surface area contributed by atoms with E-state index in [2.05, 4.69) is 78.1 Å². The third kappa shape index (κ3) is 2.41. The summed E-state index contributed by atoms with van der Waals surface area (Å²) in [5.74, 6) is 3.48. The standard InChI is InChI=1S/C32H28ClN/c33-28-13-12-21-6-1-2-7-24(21)31(28)34-29-11-5-10-27-30(29)25-8-3-4-9-26(25)32(27)22-15-19-14-20(17-22)18-23(32)16-19/h1-13,19-20,22-23,34H,14-18H2. The first-order valence-corrected chi connectivity index (χ1v) is 13.3. The van der Waals surface area contributed by atoms with Gasteiger partial charge in [-0.3, -0.25) is 0 Å². The van der Waals surface area contributed by atoms with Crippen LogP contribution in [0, 0.1) is 23.7 Å². The van der Waals surface area contributed by atoms with Crippen molar-refractivity contribution in [2.75, 3.05) is 5.32 Å². The van der Waals surface area contributed by atoms with Crippen LogP contribution in [-0.4, -0.2) is 0 Å². The summed E-state index contributed by atoms with van der Waals surface area (Å²) < 4.78 is 0. The first-order chi connectivity index (χ1) is 16.7. The molecule has 0 unspecified atom stereocenters. The van der Waals surface area contributed by atoms with Crippen molar-refractivity contribution >= 4 is 33.7 Å². The van der Waals surface area contributed by atoms with Crippen LogP contribution in [0.15, 0.2) is 78.9 Å². The fourth-order valence-electron chi connectivity index (χ4n) is 8.81. The van der Waals surface area contributed by atoms with Gasteiger partial charge in [-0.2, -0.15) is 0 Å². The second kappa shape index (κ2) is 6.89. The van der Waals surface area contributed by atoms with Crippen LogP contribution in [-0.2, 0) is 5.41 Å². The van der Waals surface area contributed by atoms with Crippen molar-refractivity contribution in [3.05, 3.63) is 95.0 Å². The van der Waals surface area contributed by atoms with Gasteiger partial charge in [-0.05, 0) is 90.0 Å². The third-order valence-corrected chi connectivity index (χ3v) is 10.0. The Morgan fingerprint density at radius 3 is 2.21 bits per heavy atom. The van der Waals surface area contributed by atoms with E-state index in [9.17, 15) is 0 Å². The molecule has 9 rings (SSSR count). The van der Waals surface area contributed by atoms with E-state index < -0.39 is 0 Å². The molecule has 1 nitrogen and oxygen atoms in total. The smallest absolute Gasteiger partial charge is 0.0653 e. The van der Waals surface area contributed by atoms with E-state index in [4.69, 9.17) is 11.6 Å². The fraction of sp³-hybridized carbons (Fsp3) is 0.312. The zero-order chi connectivity index (χ0) is 22.4. The lowest BCUT2D eigenvalue weighted by Crippen LogP contribution is -2.55. The number of hydrogen-bond donors (Lipinski definition) is 1. The van der Waals surface area contributed by atoms with Gasteiger partial charge < -0.3 is 5.32 Å². The van der Waals surface area contributed by atoms with Gasteiger partial charge in [0, 0.05) is 22.1 Å². The highest BCUT2D eigenvalue weighted by molar-refractivity contribution is 6.35. The van der Waals surface area contributed by atoms with Crippen molar-refractivity contribution in [2.24, 2.45) is 23.7 Å². The van der Waals surface area contributed by atoms with E-state index in [1.54, 1.807) is 11.1 Å². The summed E-state index contributed by atoms with van der Waals surface area (Å²) in [7, 11) is 0. The first kappa shape index (κ1) is 19.5. The lowest BCUT2D eigenvalue weighted by Gasteiger charge is -2.61. The van der Waals surface area contributed by atoms with Crippen molar-refractivity contribution in [1.82, 2.24) is 0 Å². The Morgan fingerprint density at radius 2 is 1.38 bits per heavy atom. The molecule has 1 N–H and O–H groups in total. The molecule has 1 spiro atoms. The quantitative estimate of drug-likeness (QED) is 0.314. The molecule has 5 aliphatic rings. The van der Waals surface area contributed by atoms with Gasteiger partial charge in [0.05, 0.1) is 10.7 Å². The molecule has 0 atom stereocenters. The summed E-state index contributed by atoms with van der Waals surface area (Å²) in [6, 6.07) is 28.9. The van der Waals surface area contributed by atoms with Crippen LogP contribution in [0.1, 0.15) is 43.2 Å². The molecule has 0 aliphatic heterocycles. The van der Waals surface area contributed by atoms with Gasteiger partial charge in [-0.15, -0.1) is 0 Å². The number of fused-ring (bicyclic) bond motifs is 4. The lowest BCUT2D eigenvalue weighted by molar-refractivity contribution is -0.0399. The summed E-state index contributed by atoms with van der Waals surface area (Å²) in [5, 5.41) is 6.98. The minimum Gasteiger partial charge on any atom is -0.353 e. The Kier molecular flexibility index (Phi) is 3.96. The minimum atomic E-state index is 0.194. The summed E-state index contributed by atoms with van der Waals surface area (Å²) in [5.41, 5.74) is 8.41. The summed E-state index contributed by atoms with van der Waals surface area (Å²) in [6.45, 7) is 0. The lowest BCUT2D eigenvalue weighted by atomic mass is 9.43. The van der Waals surface area contributed by atoms with Gasteiger partial charge in [0.2, 0.25) is 0 Å². The van der Waals surface area contributed by atoms with Crippen LogP contribution < -0.4 is 5.32 Å². The van der Waals surface area contributed by atoms with Gasteiger partial charge in [0.15, 0.2) is 0 Å². The van der Waals surface area contributed by atoms with E-state index >= 15 is 0 Å². The number of rotatable bonds is 2. The van der Waals surface area contributed by atoms with Crippen LogP contribution in [0.3, 0.4) is 0 Å². The average molecular weight is 462 g/mol. The first-order valence-electron chi connectivity index (χ1n) is 12.9. The van der Waals surface area contributed by atoms with Gasteiger partial charge in [0.25, 0.3) is 0 Å².